The van der Waals surface area contributed by atoms with Crippen LogP contribution in [0.2, 0.25) is 0 Å². The third kappa shape index (κ3) is 4.96. The molecule has 0 aromatic rings. The van der Waals surface area contributed by atoms with Crippen LogP contribution in [0, 0.1) is 0 Å². The molecular weight excluding hydrogens is 188 g/mol. The lowest BCUT2D eigenvalue weighted by atomic mass is 10.0. The zero-order valence-corrected chi connectivity index (χ0v) is 10.3. The summed E-state index contributed by atoms with van der Waals surface area (Å²) in [6, 6.07) is 0.735. The second kappa shape index (κ2) is 8.08. The molecule has 1 aliphatic rings. The number of piperidine rings is 1. The smallest absolute Gasteiger partial charge is 0.0593 e. The van der Waals surface area contributed by atoms with Crippen molar-refractivity contribution in [2.45, 2.75) is 39.2 Å². The number of ether oxygens (including phenoxy) is 1. The van der Waals surface area contributed by atoms with Crippen molar-refractivity contribution in [3.05, 3.63) is 0 Å². The van der Waals surface area contributed by atoms with E-state index >= 15 is 0 Å². The van der Waals surface area contributed by atoms with Crippen LogP contribution in [0.3, 0.4) is 0 Å². The molecule has 90 valence electrons. The lowest BCUT2D eigenvalue weighted by Gasteiger charge is -2.35. The Morgan fingerprint density at radius 1 is 1.33 bits per heavy atom. The van der Waals surface area contributed by atoms with Crippen LogP contribution in [0.4, 0.5) is 0 Å². The normalized spacial score (nSPS) is 23.2. The third-order valence-electron chi connectivity index (χ3n) is 3.11. The van der Waals surface area contributed by atoms with Gasteiger partial charge in [0.05, 0.1) is 6.61 Å². The van der Waals surface area contributed by atoms with Crippen molar-refractivity contribution in [3.8, 4) is 0 Å². The molecule has 1 atom stereocenters. The van der Waals surface area contributed by atoms with Crippen LogP contribution < -0.4 is 5.32 Å². The second-order valence-corrected chi connectivity index (χ2v) is 4.19. The van der Waals surface area contributed by atoms with E-state index in [1.807, 2.05) is 0 Å². The molecule has 0 aromatic heterocycles. The molecule has 1 fully saturated rings. The van der Waals surface area contributed by atoms with E-state index in [1.165, 1.54) is 25.8 Å². The summed E-state index contributed by atoms with van der Waals surface area (Å²) in [5.41, 5.74) is 0. The van der Waals surface area contributed by atoms with Gasteiger partial charge in [-0.05, 0) is 32.9 Å². The Hall–Kier alpha value is -0.120. The van der Waals surface area contributed by atoms with Gasteiger partial charge in [0.15, 0.2) is 0 Å². The van der Waals surface area contributed by atoms with Crippen LogP contribution >= 0.6 is 0 Å². The first kappa shape index (κ1) is 12.9. The molecule has 0 bridgehead atoms. The fraction of sp³-hybridized carbons (Fsp3) is 1.00. The highest BCUT2D eigenvalue weighted by molar-refractivity contribution is 4.78. The number of hydrogen-bond acceptors (Lipinski definition) is 3. The third-order valence-corrected chi connectivity index (χ3v) is 3.11. The van der Waals surface area contributed by atoms with Crippen molar-refractivity contribution < 1.29 is 4.74 Å². The van der Waals surface area contributed by atoms with E-state index in [-0.39, 0.29) is 0 Å². The molecule has 1 heterocycles. The lowest BCUT2D eigenvalue weighted by molar-refractivity contribution is 0.0772. The van der Waals surface area contributed by atoms with Gasteiger partial charge in [-0.2, -0.15) is 0 Å². The minimum atomic E-state index is 0.735. The van der Waals surface area contributed by atoms with Crippen molar-refractivity contribution in [2.24, 2.45) is 0 Å². The lowest BCUT2D eigenvalue weighted by Crippen LogP contribution is -2.46. The molecule has 1 saturated heterocycles. The Balaban J connectivity index is 2.22. The molecule has 1 unspecified atom stereocenters. The van der Waals surface area contributed by atoms with Crippen molar-refractivity contribution in [1.82, 2.24) is 10.2 Å². The Labute approximate surface area is 94.2 Å². The molecule has 1 rings (SSSR count). The molecule has 0 radical (unpaired) electrons. The summed E-state index contributed by atoms with van der Waals surface area (Å²) in [7, 11) is 0. The number of rotatable bonds is 7. The van der Waals surface area contributed by atoms with Gasteiger partial charge >= 0.3 is 0 Å². The van der Waals surface area contributed by atoms with Crippen molar-refractivity contribution in [1.29, 1.82) is 0 Å². The van der Waals surface area contributed by atoms with E-state index in [9.17, 15) is 0 Å². The molecule has 0 aliphatic carbocycles. The number of likely N-dealkylation sites (tertiary alicyclic amines) is 1. The molecule has 1 aliphatic heterocycles. The topological polar surface area (TPSA) is 24.5 Å². The highest BCUT2D eigenvalue weighted by atomic mass is 16.5. The molecular formula is C12H26N2O. The summed E-state index contributed by atoms with van der Waals surface area (Å²) >= 11 is 0. The fourth-order valence-corrected chi connectivity index (χ4v) is 2.22. The van der Waals surface area contributed by atoms with Gasteiger partial charge in [-0.15, -0.1) is 0 Å². The maximum Gasteiger partial charge on any atom is 0.0593 e. The molecule has 0 amide bonds. The van der Waals surface area contributed by atoms with Gasteiger partial charge in [0.2, 0.25) is 0 Å². The van der Waals surface area contributed by atoms with E-state index in [2.05, 4.69) is 24.1 Å². The van der Waals surface area contributed by atoms with Gasteiger partial charge in [-0.3, -0.25) is 4.90 Å². The predicted octanol–water partition coefficient (Wildman–Crippen LogP) is 1.49. The number of hydrogen-bond donors (Lipinski definition) is 1. The van der Waals surface area contributed by atoms with Crippen LogP contribution in [0.5, 0.6) is 0 Å². The van der Waals surface area contributed by atoms with Crippen LogP contribution in [-0.4, -0.2) is 50.3 Å². The van der Waals surface area contributed by atoms with Gasteiger partial charge in [-0.1, -0.05) is 13.3 Å². The summed E-state index contributed by atoms with van der Waals surface area (Å²) in [5.74, 6) is 0. The zero-order valence-electron chi connectivity index (χ0n) is 10.3. The average Bonchev–Trinajstić information content (AvgIpc) is 2.28. The van der Waals surface area contributed by atoms with Gasteiger partial charge in [0.1, 0.15) is 0 Å². The predicted molar refractivity (Wildman–Crippen MR) is 64.2 cm³/mol. The van der Waals surface area contributed by atoms with Gasteiger partial charge in [0.25, 0.3) is 0 Å². The quantitative estimate of drug-likeness (QED) is 0.650. The maximum atomic E-state index is 5.43. The van der Waals surface area contributed by atoms with E-state index in [1.54, 1.807) is 0 Å². The molecule has 0 spiro atoms. The first-order chi connectivity index (χ1) is 7.38. The van der Waals surface area contributed by atoms with Crippen LogP contribution in [0.25, 0.3) is 0 Å². The van der Waals surface area contributed by atoms with E-state index in [4.69, 9.17) is 4.74 Å². The number of nitrogens with zero attached hydrogens (tertiary/aromatic N) is 1. The van der Waals surface area contributed by atoms with Crippen LogP contribution in [0.15, 0.2) is 0 Å². The zero-order chi connectivity index (χ0) is 10.9. The van der Waals surface area contributed by atoms with Gasteiger partial charge in [0, 0.05) is 25.7 Å². The highest BCUT2D eigenvalue weighted by Crippen LogP contribution is 2.15. The Kier molecular flexibility index (Phi) is 6.98. The van der Waals surface area contributed by atoms with E-state index in [0.29, 0.717) is 0 Å². The fourth-order valence-electron chi connectivity index (χ4n) is 2.22. The summed E-state index contributed by atoms with van der Waals surface area (Å²) in [5, 5.41) is 3.46. The van der Waals surface area contributed by atoms with Crippen molar-refractivity contribution in [2.75, 3.05) is 39.4 Å². The molecule has 3 heteroatoms. The van der Waals surface area contributed by atoms with Crippen molar-refractivity contribution >= 4 is 0 Å². The SMILES string of the molecule is CCNCC1CCCCN1CCOCC. The minimum Gasteiger partial charge on any atom is -0.380 e. The van der Waals surface area contributed by atoms with E-state index in [0.717, 1.165) is 38.9 Å². The number of nitrogens with one attached hydrogen (secondary N) is 1. The largest absolute Gasteiger partial charge is 0.380 e. The van der Waals surface area contributed by atoms with Crippen LogP contribution in [0.1, 0.15) is 33.1 Å². The molecule has 1 N–H and O–H groups in total. The summed E-state index contributed by atoms with van der Waals surface area (Å²) in [4.78, 5) is 2.59. The minimum absolute atomic E-state index is 0.735. The van der Waals surface area contributed by atoms with Gasteiger partial charge in [-0.25, -0.2) is 0 Å². The second-order valence-electron chi connectivity index (χ2n) is 4.19. The Morgan fingerprint density at radius 2 is 2.20 bits per heavy atom. The number of likely N-dealkylation sites (N-methyl/N-ethyl adjacent to an activating group) is 1. The average molecular weight is 214 g/mol. The first-order valence-electron chi connectivity index (χ1n) is 6.41. The summed E-state index contributed by atoms with van der Waals surface area (Å²) in [6.07, 6.45) is 4.09. The summed E-state index contributed by atoms with van der Waals surface area (Å²) in [6.45, 7) is 10.5. The summed E-state index contributed by atoms with van der Waals surface area (Å²) < 4.78 is 5.43. The monoisotopic (exact) mass is 214 g/mol. The maximum absolute atomic E-state index is 5.43. The standard InChI is InChI=1S/C12H26N2O/c1-3-13-11-12-7-5-6-8-14(12)9-10-15-4-2/h12-13H,3-11H2,1-2H3. The van der Waals surface area contributed by atoms with E-state index < -0.39 is 0 Å². The Morgan fingerprint density at radius 3 is 2.93 bits per heavy atom. The van der Waals surface area contributed by atoms with Crippen LogP contribution in [-0.2, 0) is 4.74 Å². The molecule has 15 heavy (non-hydrogen) atoms. The Bertz CT molecular complexity index is 153. The van der Waals surface area contributed by atoms with Gasteiger partial charge < -0.3 is 10.1 Å². The molecule has 0 saturated carbocycles. The highest BCUT2D eigenvalue weighted by Gasteiger charge is 2.20. The van der Waals surface area contributed by atoms with Crippen molar-refractivity contribution in [3.63, 3.8) is 0 Å². The molecule has 3 nitrogen and oxygen atoms in total. The first-order valence-corrected chi connectivity index (χ1v) is 6.41. The molecule has 0 aromatic carbocycles.